The lowest BCUT2D eigenvalue weighted by atomic mass is 9.67. The van der Waals surface area contributed by atoms with Crippen molar-refractivity contribution >= 4 is 20.2 Å². The SMILES string of the molecule is C=CC[C@@]1(O)CCC[C@H]2C1=C(C(=O)O)N1C(=O)[C@H](C(C)O[Si](C)(C)C(C)(C)C)[C@@H]21. The van der Waals surface area contributed by atoms with Crippen LogP contribution in [0.2, 0.25) is 18.1 Å². The molecule has 162 valence electrons. The molecule has 0 aromatic heterocycles. The van der Waals surface area contributed by atoms with Crippen molar-refractivity contribution in [2.75, 3.05) is 0 Å². The van der Waals surface area contributed by atoms with Gasteiger partial charge in [0.25, 0.3) is 0 Å². The van der Waals surface area contributed by atoms with Crippen LogP contribution in [-0.2, 0) is 14.0 Å². The Labute approximate surface area is 174 Å². The van der Waals surface area contributed by atoms with E-state index in [0.29, 0.717) is 18.4 Å². The van der Waals surface area contributed by atoms with Crippen LogP contribution in [0.5, 0.6) is 0 Å². The van der Waals surface area contributed by atoms with Crippen molar-refractivity contribution in [3.8, 4) is 0 Å². The number of carbonyl (C=O) groups is 2. The van der Waals surface area contributed by atoms with Crippen molar-refractivity contribution in [3.63, 3.8) is 0 Å². The van der Waals surface area contributed by atoms with Crippen LogP contribution in [0, 0.1) is 11.8 Å². The van der Waals surface area contributed by atoms with Crippen molar-refractivity contribution < 1.29 is 24.2 Å². The minimum atomic E-state index is -2.07. The number of nitrogens with zero attached hydrogens (tertiary/aromatic N) is 1. The predicted octanol–water partition coefficient (Wildman–Crippen LogP) is 3.68. The first-order chi connectivity index (χ1) is 13.3. The van der Waals surface area contributed by atoms with Crippen LogP contribution < -0.4 is 0 Å². The second-order valence-corrected chi connectivity index (χ2v) is 15.2. The smallest absolute Gasteiger partial charge is 0.352 e. The van der Waals surface area contributed by atoms with Crippen molar-refractivity contribution in [2.24, 2.45) is 11.8 Å². The quantitative estimate of drug-likeness (QED) is 0.388. The monoisotopic (exact) mass is 421 g/mol. The lowest BCUT2D eigenvalue weighted by molar-refractivity contribution is -0.163. The fourth-order valence-corrected chi connectivity index (χ4v) is 6.62. The summed E-state index contributed by atoms with van der Waals surface area (Å²) in [5.41, 5.74) is -0.717. The van der Waals surface area contributed by atoms with E-state index < -0.39 is 19.9 Å². The van der Waals surface area contributed by atoms with Gasteiger partial charge in [-0.15, -0.1) is 6.58 Å². The van der Waals surface area contributed by atoms with Gasteiger partial charge >= 0.3 is 5.97 Å². The normalized spacial score (nSPS) is 33.1. The van der Waals surface area contributed by atoms with Crippen LogP contribution in [0.15, 0.2) is 23.9 Å². The van der Waals surface area contributed by atoms with E-state index in [1.54, 1.807) is 6.08 Å². The minimum Gasteiger partial charge on any atom is -0.477 e. The molecule has 1 aliphatic carbocycles. The van der Waals surface area contributed by atoms with Gasteiger partial charge in [-0.25, -0.2) is 4.79 Å². The molecule has 7 heteroatoms. The Hall–Kier alpha value is -1.44. The molecular formula is C22H35NO5Si. The number of aliphatic hydroxyl groups is 1. The molecular weight excluding hydrogens is 386 g/mol. The fourth-order valence-electron chi connectivity index (χ4n) is 5.19. The summed E-state index contributed by atoms with van der Waals surface area (Å²) >= 11 is 0. The van der Waals surface area contributed by atoms with E-state index >= 15 is 0 Å². The van der Waals surface area contributed by atoms with Crippen molar-refractivity contribution in [1.82, 2.24) is 4.90 Å². The van der Waals surface area contributed by atoms with Crippen LogP contribution in [0.1, 0.15) is 53.4 Å². The molecule has 0 bridgehead atoms. The van der Waals surface area contributed by atoms with E-state index in [1.165, 1.54) is 4.90 Å². The summed E-state index contributed by atoms with van der Waals surface area (Å²) in [7, 11) is -2.07. The van der Waals surface area contributed by atoms with Gasteiger partial charge in [-0.05, 0) is 56.3 Å². The molecule has 2 aliphatic heterocycles. The van der Waals surface area contributed by atoms with Gasteiger partial charge in [-0.2, -0.15) is 0 Å². The molecule has 6 nitrogen and oxygen atoms in total. The number of fused-ring (bicyclic) bond motifs is 3. The molecule has 1 unspecified atom stereocenters. The highest BCUT2D eigenvalue weighted by molar-refractivity contribution is 6.74. The third kappa shape index (κ3) is 3.31. The highest BCUT2D eigenvalue weighted by Gasteiger charge is 2.65. The van der Waals surface area contributed by atoms with Gasteiger partial charge in [0.1, 0.15) is 5.70 Å². The Morgan fingerprint density at radius 2 is 2.07 bits per heavy atom. The van der Waals surface area contributed by atoms with Gasteiger partial charge < -0.3 is 19.5 Å². The number of rotatable bonds is 6. The third-order valence-electron chi connectivity index (χ3n) is 7.55. The Balaban J connectivity index is 1.94. The van der Waals surface area contributed by atoms with Crippen LogP contribution >= 0.6 is 0 Å². The molecule has 2 N–H and O–H groups in total. The number of carboxylic acids is 1. The molecule has 29 heavy (non-hydrogen) atoms. The van der Waals surface area contributed by atoms with Gasteiger partial charge in [-0.1, -0.05) is 26.8 Å². The zero-order valence-electron chi connectivity index (χ0n) is 18.5. The van der Waals surface area contributed by atoms with Crippen molar-refractivity contribution in [2.45, 2.75) is 89.3 Å². The lowest BCUT2D eigenvalue weighted by Crippen LogP contribution is -2.65. The molecule has 3 aliphatic rings. The summed E-state index contributed by atoms with van der Waals surface area (Å²) in [6.45, 7) is 16.5. The lowest BCUT2D eigenvalue weighted by Gasteiger charge is -2.51. The van der Waals surface area contributed by atoms with E-state index in [1.807, 2.05) is 6.92 Å². The van der Waals surface area contributed by atoms with Crippen LogP contribution in [0.3, 0.4) is 0 Å². The molecule has 3 rings (SSSR count). The average Bonchev–Trinajstić information content (AvgIpc) is 2.86. The Kier molecular flexibility index (Phi) is 5.42. The maximum Gasteiger partial charge on any atom is 0.352 e. The minimum absolute atomic E-state index is 0.00942. The second kappa shape index (κ2) is 7.06. The maximum atomic E-state index is 13.1. The van der Waals surface area contributed by atoms with E-state index in [-0.39, 0.29) is 40.6 Å². The number of hydrogen-bond acceptors (Lipinski definition) is 4. The first-order valence-corrected chi connectivity index (χ1v) is 13.5. The summed E-state index contributed by atoms with van der Waals surface area (Å²) in [6, 6.07) is -0.236. The fraction of sp³-hybridized carbons (Fsp3) is 0.727. The maximum absolute atomic E-state index is 13.1. The zero-order chi connectivity index (χ0) is 21.9. The topological polar surface area (TPSA) is 87.1 Å². The number of amides is 1. The largest absolute Gasteiger partial charge is 0.477 e. The zero-order valence-corrected chi connectivity index (χ0v) is 19.5. The van der Waals surface area contributed by atoms with Gasteiger partial charge in [0.2, 0.25) is 5.91 Å². The first-order valence-electron chi connectivity index (χ1n) is 10.6. The Morgan fingerprint density at radius 3 is 2.59 bits per heavy atom. The van der Waals surface area contributed by atoms with Gasteiger partial charge in [0.05, 0.1) is 23.7 Å². The van der Waals surface area contributed by atoms with E-state index in [4.69, 9.17) is 4.43 Å². The molecule has 1 saturated heterocycles. The summed E-state index contributed by atoms with van der Waals surface area (Å²) in [5, 5.41) is 21.2. The van der Waals surface area contributed by atoms with Gasteiger partial charge in [0, 0.05) is 5.92 Å². The summed E-state index contributed by atoms with van der Waals surface area (Å²) in [4.78, 5) is 26.6. The number of aliphatic carboxylic acids is 1. The van der Waals surface area contributed by atoms with E-state index in [9.17, 15) is 19.8 Å². The number of hydrogen-bond donors (Lipinski definition) is 2. The van der Waals surface area contributed by atoms with Crippen molar-refractivity contribution in [3.05, 3.63) is 23.9 Å². The van der Waals surface area contributed by atoms with Crippen LogP contribution in [0.4, 0.5) is 0 Å². The molecule has 2 fully saturated rings. The van der Waals surface area contributed by atoms with Gasteiger partial charge in [0.15, 0.2) is 8.32 Å². The number of carbonyl (C=O) groups excluding carboxylic acids is 1. The summed E-state index contributed by atoms with van der Waals surface area (Å²) in [5.74, 6) is -1.83. The van der Waals surface area contributed by atoms with E-state index in [2.05, 4.69) is 40.4 Å². The number of β-lactam (4-membered cyclic amide) rings is 1. The standard InChI is InChI=1S/C22H35NO5Si/c1-8-11-22(27)12-9-10-14-16(22)18(20(25)26)23-17(14)15(19(23)24)13(2)28-29(6,7)21(3,4)5/h8,13-15,17,27H,1,9-12H2,2-7H3,(H,25,26)/t13?,14-,15+,17+,22+/m0/s1. The molecule has 0 aromatic rings. The summed E-state index contributed by atoms with van der Waals surface area (Å²) < 4.78 is 6.51. The Morgan fingerprint density at radius 1 is 1.45 bits per heavy atom. The number of carboxylic acid groups (broad SMARTS) is 1. The molecule has 0 radical (unpaired) electrons. The first kappa shape index (κ1) is 22.2. The Bertz CT molecular complexity index is 768. The van der Waals surface area contributed by atoms with Crippen LogP contribution in [0.25, 0.3) is 0 Å². The molecule has 0 spiro atoms. The third-order valence-corrected chi connectivity index (χ3v) is 12.1. The molecule has 0 aromatic carbocycles. The predicted molar refractivity (Wildman–Crippen MR) is 114 cm³/mol. The van der Waals surface area contributed by atoms with Crippen molar-refractivity contribution in [1.29, 1.82) is 0 Å². The van der Waals surface area contributed by atoms with Crippen LogP contribution in [-0.4, -0.2) is 53.1 Å². The molecule has 2 heterocycles. The summed E-state index contributed by atoms with van der Waals surface area (Å²) in [6.07, 6.45) is 3.72. The van der Waals surface area contributed by atoms with E-state index in [0.717, 1.165) is 12.8 Å². The molecule has 5 atom stereocenters. The molecule has 1 amide bonds. The highest BCUT2D eigenvalue weighted by Crippen LogP contribution is 2.56. The highest BCUT2D eigenvalue weighted by atomic mass is 28.4. The van der Waals surface area contributed by atoms with Gasteiger partial charge in [-0.3, -0.25) is 4.79 Å². The second-order valence-electron chi connectivity index (χ2n) is 10.4. The molecule has 1 saturated carbocycles. The average molecular weight is 422 g/mol.